The first-order valence-corrected chi connectivity index (χ1v) is 9.58. The Morgan fingerprint density at radius 3 is 2.54 bits per heavy atom. The third kappa shape index (κ3) is 4.56. The van der Waals surface area contributed by atoms with Gasteiger partial charge < -0.3 is 24.4 Å². The Hall–Kier alpha value is -2.31. The molecule has 6 heteroatoms. The third-order valence-corrected chi connectivity index (χ3v) is 5.00. The van der Waals surface area contributed by atoms with Crippen LogP contribution in [0.1, 0.15) is 29.2 Å². The molecule has 1 N–H and O–H groups in total. The molecule has 0 aromatic heterocycles. The number of rotatable bonds is 8. The van der Waals surface area contributed by atoms with E-state index >= 15 is 0 Å². The second kappa shape index (κ2) is 9.26. The maximum absolute atomic E-state index is 14.2. The second-order valence-corrected chi connectivity index (χ2v) is 7.24. The van der Waals surface area contributed by atoms with Crippen molar-refractivity contribution < 1.29 is 18.6 Å². The molecule has 0 saturated carbocycles. The van der Waals surface area contributed by atoms with Crippen LogP contribution in [0.3, 0.4) is 0 Å². The fourth-order valence-electron chi connectivity index (χ4n) is 3.56. The van der Waals surface area contributed by atoms with Gasteiger partial charge in [-0.3, -0.25) is 0 Å². The Morgan fingerprint density at radius 2 is 1.86 bits per heavy atom. The molecule has 5 nitrogen and oxygen atoms in total. The molecule has 0 aliphatic carbocycles. The average molecular weight is 388 g/mol. The standard InChI is InChI=1S/C22H29FN2O3/c1-25(2)10-5-11-28-21-14-17-15(13-20(21)27-4)8-9-24-22(17)16-6-7-19(26-3)18(23)12-16/h6-7,12-14,22,24H,5,8-11H2,1-4H3. The van der Waals surface area contributed by atoms with Gasteiger partial charge >= 0.3 is 0 Å². The molecule has 3 rings (SSSR count). The SMILES string of the molecule is COc1ccc(C2NCCc3cc(OC)c(OCCCN(C)C)cc32)cc1F. The number of hydrogen-bond acceptors (Lipinski definition) is 5. The zero-order valence-electron chi connectivity index (χ0n) is 17.0. The van der Waals surface area contributed by atoms with Gasteiger partial charge in [0.15, 0.2) is 23.1 Å². The van der Waals surface area contributed by atoms with E-state index in [-0.39, 0.29) is 17.6 Å². The summed E-state index contributed by atoms with van der Waals surface area (Å²) in [5.74, 6) is 1.36. The number of ether oxygens (including phenoxy) is 3. The summed E-state index contributed by atoms with van der Waals surface area (Å²) in [5, 5.41) is 3.49. The lowest BCUT2D eigenvalue weighted by Crippen LogP contribution is -2.30. The fourth-order valence-corrected chi connectivity index (χ4v) is 3.56. The summed E-state index contributed by atoms with van der Waals surface area (Å²) in [6.45, 7) is 2.39. The molecule has 0 amide bonds. The number of nitrogens with one attached hydrogen (secondary N) is 1. The smallest absolute Gasteiger partial charge is 0.165 e. The summed E-state index contributed by atoms with van der Waals surface area (Å²) >= 11 is 0. The van der Waals surface area contributed by atoms with Crippen LogP contribution in [-0.2, 0) is 6.42 Å². The van der Waals surface area contributed by atoms with Gasteiger partial charge in [-0.15, -0.1) is 0 Å². The number of halogens is 1. The van der Waals surface area contributed by atoms with Gasteiger partial charge in [-0.25, -0.2) is 4.39 Å². The third-order valence-electron chi connectivity index (χ3n) is 5.00. The first kappa shape index (κ1) is 20.4. The molecule has 1 heterocycles. The van der Waals surface area contributed by atoms with E-state index < -0.39 is 0 Å². The van der Waals surface area contributed by atoms with Crippen LogP contribution in [0.2, 0.25) is 0 Å². The van der Waals surface area contributed by atoms with Crippen molar-refractivity contribution in [3.63, 3.8) is 0 Å². The van der Waals surface area contributed by atoms with Gasteiger partial charge in [0.25, 0.3) is 0 Å². The van der Waals surface area contributed by atoms with Gasteiger partial charge in [-0.05, 0) is 67.9 Å². The summed E-state index contributed by atoms with van der Waals surface area (Å²) in [5.41, 5.74) is 3.15. The number of benzene rings is 2. The molecule has 2 aromatic rings. The lowest BCUT2D eigenvalue weighted by atomic mass is 9.89. The maximum atomic E-state index is 14.2. The molecule has 0 spiro atoms. The van der Waals surface area contributed by atoms with E-state index in [0.29, 0.717) is 6.61 Å². The van der Waals surface area contributed by atoms with Crippen LogP contribution >= 0.6 is 0 Å². The fraction of sp³-hybridized carbons (Fsp3) is 0.455. The number of methoxy groups -OCH3 is 2. The Labute approximate surface area is 166 Å². The number of hydrogen-bond donors (Lipinski definition) is 1. The highest BCUT2D eigenvalue weighted by atomic mass is 19.1. The van der Waals surface area contributed by atoms with Crippen LogP contribution in [0.15, 0.2) is 30.3 Å². The topological polar surface area (TPSA) is 43.0 Å². The van der Waals surface area contributed by atoms with Crippen molar-refractivity contribution in [2.75, 3.05) is 48.0 Å². The van der Waals surface area contributed by atoms with Crippen molar-refractivity contribution >= 4 is 0 Å². The van der Waals surface area contributed by atoms with Crippen molar-refractivity contribution in [1.82, 2.24) is 10.2 Å². The van der Waals surface area contributed by atoms with Gasteiger partial charge in [-0.2, -0.15) is 0 Å². The molecular formula is C22H29FN2O3. The first-order valence-electron chi connectivity index (χ1n) is 9.58. The van der Waals surface area contributed by atoms with Gasteiger partial charge in [-0.1, -0.05) is 6.07 Å². The second-order valence-electron chi connectivity index (χ2n) is 7.24. The Morgan fingerprint density at radius 1 is 1.07 bits per heavy atom. The zero-order valence-corrected chi connectivity index (χ0v) is 17.0. The highest BCUT2D eigenvalue weighted by Gasteiger charge is 2.25. The Bertz CT molecular complexity index is 811. The summed E-state index contributed by atoms with van der Waals surface area (Å²) in [6, 6.07) is 9.08. The quantitative estimate of drug-likeness (QED) is 0.702. The molecule has 0 bridgehead atoms. The van der Waals surface area contributed by atoms with Gasteiger partial charge in [0, 0.05) is 13.1 Å². The molecule has 1 aliphatic rings. The van der Waals surface area contributed by atoms with Gasteiger partial charge in [0.1, 0.15) is 0 Å². The molecular weight excluding hydrogens is 359 g/mol. The summed E-state index contributed by atoms with van der Waals surface area (Å²) < 4.78 is 30.9. The van der Waals surface area contributed by atoms with Crippen LogP contribution in [0, 0.1) is 5.82 Å². The minimum atomic E-state index is -0.359. The molecule has 2 aromatic carbocycles. The maximum Gasteiger partial charge on any atom is 0.165 e. The molecule has 152 valence electrons. The van der Waals surface area contributed by atoms with E-state index in [1.165, 1.54) is 18.7 Å². The monoisotopic (exact) mass is 388 g/mol. The Balaban J connectivity index is 1.88. The van der Waals surface area contributed by atoms with Crippen molar-refractivity contribution in [2.24, 2.45) is 0 Å². The minimum absolute atomic E-state index is 0.0980. The summed E-state index contributed by atoms with van der Waals surface area (Å²) in [6.07, 6.45) is 1.82. The number of nitrogens with zero attached hydrogens (tertiary/aromatic N) is 1. The van der Waals surface area contributed by atoms with E-state index in [1.807, 2.05) is 32.3 Å². The van der Waals surface area contributed by atoms with Gasteiger partial charge in [0.2, 0.25) is 0 Å². The van der Waals surface area contributed by atoms with E-state index in [0.717, 1.165) is 48.6 Å². The van der Waals surface area contributed by atoms with Crippen LogP contribution in [-0.4, -0.2) is 52.9 Å². The van der Waals surface area contributed by atoms with Crippen molar-refractivity contribution in [1.29, 1.82) is 0 Å². The highest BCUT2D eigenvalue weighted by Crippen LogP contribution is 2.38. The van der Waals surface area contributed by atoms with E-state index in [2.05, 4.69) is 10.2 Å². The lowest BCUT2D eigenvalue weighted by Gasteiger charge is -2.29. The summed E-state index contributed by atoms with van der Waals surface area (Å²) in [7, 11) is 7.22. The van der Waals surface area contributed by atoms with Crippen LogP contribution < -0.4 is 19.5 Å². The van der Waals surface area contributed by atoms with E-state index in [4.69, 9.17) is 14.2 Å². The molecule has 28 heavy (non-hydrogen) atoms. The van der Waals surface area contributed by atoms with E-state index in [9.17, 15) is 4.39 Å². The van der Waals surface area contributed by atoms with E-state index in [1.54, 1.807) is 13.2 Å². The average Bonchev–Trinajstić information content (AvgIpc) is 2.69. The van der Waals surface area contributed by atoms with Crippen molar-refractivity contribution in [3.05, 3.63) is 52.8 Å². The predicted molar refractivity (Wildman–Crippen MR) is 108 cm³/mol. The number of fused-ring (bicyclic) bond motifs is 1. The highest BCUT2D eigenvalue weighted by molar-refractivity contribution is 5.52. The normalized spacial score (nSPS) is 16.0. The van der Waals surface area contributed by atoms with Crippen LogP contribution in [0.5, 0.6) is 17.2 Å². The molecule has 1 aliphatic heterocycles. The zero-order chi connectivity index (χ0) is 20.1. The molecule has 0 saturated heterocycles. The Kier molecular flexibility index (Phi) is 6.75. The van der Waals surface area contributed by atoms with Crippen molar-refractivity contribution in [2.45, 2.75) is 18.9 Å². The first-order chi connectivity index (χ1) is 13.5. The lowest BCUT2D eigenvalue weighted by molar-refractivity contribution is 0.267. The largest absolute Gasteiger partial charge is 0.494 e. The molecule has 1 atom stereocenters. The molecule has 0 fully saturated rings. The summed E-state index contributed by atoms with van der Waals surface area (Å²) in [4.78, 5) is 2.13. The predicted octanol–water partition coefficient (Wildman–Crippen LogP) is 3.41. The van der Waals surface area contributed by atoms with Crippen LogP contribution in [0.25, 0.3) is 0 Å². The van der Waals surface area contributed by atoms with Crippen molar-refractivity contribution in [3.8, 4) is 17.2 Å². The molecule has 0 radical (unpaired) electrons. The van der Waals surface area contributed by atoms with Gasteiger partial charge in [0.05, 0.1) is 26.9 Å². The van der Waals surface area contributed by atoms with Crippen LogP contribution in [0.4, 0.5) is 4.39 Å². The molecule has 1 unspecified atom stereocenters. The minimum Gasteiger partial charge on any atom is -0.494 e.